The number of hydrogen-bond acceptors (Lipinski definition) is 7. The quantitative estimate of drug-likeness (QED) is 0.0628. The number of rotatable bonds is 8. The molecule has 282 valence electrons. The number of nitriles is 1. The molecule has 4 aromatic rings. The molecule has 13 heteroatoms. The van der Waals surface area contributed by atoms with Gasteiger partial charge in [0.1, 0.15) is 28.9 Å². The fourth-order valence-electron chi connectivity index (χ4n) is 6.83. The van der Waals surface area contributed by atoms with E-state index in [1.165, 1.54) is 48.5 Å². The van der Waals surface area contributed by atoms with Crippen LogP contribution in [-0.2, 0) is 42.0 Å². The Morgan fingerprint density at radius 2 is 1.35 bits per heavy atom. The van der Waals surface area contributed by atoms with Crippen LogP contribution in [0, 0.1) is 58.9 Å². The van der Waals surface area contributed by atoms with Crippen LogP contribution < -0.4 is 0 Å². The molecule has 1 saturated heterocycles. The van der Waals surface area contributed by atoms with Gasteiger partial charge >= 0.3 is 5.97 Å². The van der Waals surface area contributed by atoms with Gasteiger partial charge in [-0.1, -0.05) is 48.5 Å². The lowest BCUT2D eigenvalue weighted by Gasteiger charge is -2.15. The van der Waals surface area contributed by atoms with Crippen LogP contribution in [0.15, 0.2) is 97.1 Å². The highest BCUT2D eigenvalue weighted by Crippen LogP contribution is 2.59. The molecule has 8 rings (SSSR count). The van der Waals surface area contributed by atoms with Crippen molar-refractivity contribution in [3.63, 3.8) is 0 Å². The number of aliphatic hydroxyl groups excluding tert-OH is 2. The van der Waals surface area contributed by atoms with E-state index in [2.05, 4.69) is 4.85 Å². The van der Waals surface area contributed by atoms with Crippen LogP contribution in [0.5, 0.6) is 0 Å². The summed E-state index contributed by atoms with van der Waals surface area (Å²) in [6.45, 7) is 7.88. The number of ether oxygens (including phenoxy) is 2. The van der Waals surface area contributed by atoms with E-state index < -0.39 is 16.6 Å². The lowest BCUT2D eigenvalue weighted by molar-refractivity contribution is -0.142. The van der Waals surface area contributed by atoms with Crippen molar-refractivity contribution in [2.45, 2.75) is 42.2 Å². The van der Waals surface area contributed by atoms with Gasteiger partial charge in [0.05, 0.1) is 43.6 Å². The Hall–Kier alpha value is -4.83. The maximum Gasteiger partial charge on any atom is 0.317 e. The first kappa shape index (κ1) is 41.9. The number of nitrogens with zero attached hydrogens (tertiary/aromatic N) is 2. The average molecular weight is 857 g/mol. The molecule has 4 aromatic carbocycles. The van der Waals surface area contributed by atoms with E-state index in [0.717, 1.165) is 17.5 Å². The minimum Gasteiger partial charge on any atom is -0.465 e. The predicted octanol–water partition coefficient (Wildman–Crippen LogP) is 7.31. The molecule has 4 fully saturated rings. The number of fused-ring (bicyclic) bond motifs is 1. The van der Waals surface area contributed by atoms with E-state index in [4.69, 9.17) is 31.5 Å². The number of halogens is 5. The number of cyclic esters (lactones) is 1. The summed E-state index contributed by atoms with van der Waals surface area (Å²) in [6.07, 6.45) is 2.27. The summed E-state index contributed by atoms with van der Waals surface area (Å²) in [5.74, 6) is -1.33. The Morgan fingerprint density at radius 1 is 0.815 bits per heavy atom. The summed E-state index contributed by atoms with van der Waals surface area (Å²) in [4.78, 5) is 25.4. The molecular formula is C41H37F4IN2O6. The zero-order valence-corrected chi connectivity index (χ0v) is 31.2. The van der Waals surface area contributed by atoms with E-state index in [1.54, 1.807) is 48.5 Å². The topological polar surface area (TPSA) is 121 Å². The van der Waals surface area contributed by atoms with E-state index in [-0.39, 0.29) is 90.6 Å². The Kier molecular flexibility index (Phi) is 14.0. The largest absolute Gasteiger partial charge is 0.465 e. The van der Waals surface area contributed by atoms with Crippen molar-refractivity contribution in [2.75, 3.05) is 19.8 Å². The molecule has 4 aliphatic rings. The second-order valence-corrected chi connectivity index (χ2v) is 13.3. The first-order chi connectivity index (χ1) is 25.5. The number of hydrogen-bond donors (Lipinski definition) is 2. The first-order valence-corrected chi connectivity index (χ1v) is 16.8. The predicted molar refractivity (Wildman–Crippen MR) is 199 cm³/mol. The molecule has 54 heavy (non-hydrogen) atoms. The van der Waals surface area contributed by atoms with Crippen molar-refractivity contribution >= 4 is 36.4 Å². The van der Waals surface area contributed by atoms with Gasteiger partial charge < -0.3 is 24.5 Å². The molecule has 0 amide bonds. The van der Waals surface area contributed by atoms with E-state index in [0.29, 0.717) is 37.0 Å². The van der Waals surface area contributed by atoms with Crippen LogP contribution in [0.4, 0.5) is 17.6 Å². The molecule has 1 aliphatic heterocycles. The van der Waals surface area contributed by atoms with Gasteiger partial charge in [-0.2, -0.15) is 5.26 Å². The molecule has 0 spiro atoms. The van der Waals surface area contributed by atoms with Crippen LogP contribution in [0.1, 0.15) is 41.5 Å². The lowest BCUT2D eigenvalue weighted by Crippen LogP contribution is -2.18. The minimum absolute atomic E-state index is 0. The van der Waals surface area contributed by atoms with Gasteiger partial charge in [-0.3, -0.25) is 9.59 Å². The molecule has 1 heterocycles. The van der Waals surface area contributed by atoms with Crippen molar-refractivity contribution < 1.29 is 46.8 Å². The summed E-state index contributed by atoms with van der Waals surface area (Å²) in [6, 6.07) is 26.3. The number of benzene rings is 4. The summed E-state index contributed by atoms with van der Waals surface area (Å²) in [5, 5.41) is 26.2. The molecule has 8 nitrogen and oxygen atoms in total. The SMILES string of the molecule is I.N#CCc1cccc(F)c1.O=C1OC[C@@H]2C[C@]12c1cccc(F)c1.O=CO[C@@]1(c2cccc(F)c2)C[C@H]1CO.[C-]#[N+][C@@]1(c2cccc(F)c2)C[C@H]1CO. The third kappa shape index (κ3) is 9.09. The van der Waals surface area contributed by atoms with Gasteiger partial charge in [0, 0.05) is 30.2 Å². The number of carbonyl (C=O) groups excluding carboxylic acids is 2. The fraction of sp³-hybridized carbons (Fsp3) is 0.317. The number of carbonyl (C=O) groups is 2. The molecular weight excluding hydrogens is 819 g/mol. The Balaban J connectivity index is 0.000000161. The Labute approximate surface area is 327 Å². The highest BCUT2D eigenvalue weighted by molar-refractivity contribution is 14.0. The van der Waals surface area contributed by atoms with Crippen molar-refractivity contribution in [3.8, 4) is 6.07 Å². The zero-order valence-electron chi connectivity index (χ0n) is 28.8. The molecule has 3 aliphatic carbocycles. The number of aliphatic hydroxyl groups is 2. The summed E-state index contributed by atoms with van der Waals surface area (Å²) < 4.78 is 61.2. The molecule has 0 unspecified atom stereocenters. The zero-order chi connectivity index (χ0) is 38.2. The Morgan fingerprint density at radius 3 is 1.80 bits per heavy atom. The fourth-order valence-corrected chi connectivity index (χ4v) is 6.83. The maximum atomic E-state index is 13.0. The van der Waals surface area contributed by atoms with E-state index in [9.17, 15) is 27.2 Å². The van der Waals surface area contributed by atoms with Crippen LogP contribution in [-0.4, -0.2) is 42.5 Å². The van der Waals surface area contributed by atoms with Crippen LogP contribution in [0.3, 0.4) is 0 Å². The first-order valence-electron chi connectivity index (χ1n) is 16.8. The monoisotopic (exact) mass is 856 g/mol. The summed E-state index contributed by atoms with van der Waals surface area (Å²) in [5.41, 5.74) is 0.824. The highest BCUT2D eigenvalue weighted by Gasteiger charge is 2.67. The molecule has 3 saturated carbocycles. The lowest BCUT2D eigenvalue weighted by atomic mass is 9.95. The van der Waals surface area contributed by atoms with E-state index in [1.807, 2.05) is 6.07 Å². The van der Waals surface area contributed by atoms with E-state index >= 15 is 0 Å². The average Bonchev–Trinajstić information content (AvgIpc) is 4.10. The van der Waals surface area contributed by atoms with Crippen LogP contribution in [0.2, 0.25) is 0 Å². The van der Waals surface area contributed by atoms with Crippen molar-refractivity contribution in [1.29, 1.82) is 5.26 Å². The molecule has 6 atom stereocenters. The summed E-state index contributed by atoms with van der Waals surface area (Å²) in [7, 11) is 0. The molecule has 0 radical (unpaired) electrons. The smallest absolute Gasteiger partial charge is 0.317 e. The second-order valence-electron chi connectivity index (χ2n) is 13.3. The molecule has 2 N–H and O–H groups in total. The highest BCUT2D eigenvalue weighted by atomic mass is 127. The van der Waals surface area contributed by atoms with Gasteiger partial charge in [0.15, 0.2) is 0 Å². The maximum absolute atomic E-state index is 13.0. The third-order valence-corrected chi connectivity index (χ3v) is 10.1. The molecule has 0 aromatic heterocycles. The van der Waals surface area contributed by atoms with Gasteiger partial charge in [0.2, 0.25) is 0 Å². The minimum atomic E-state index is -0.807. The number of esters is 1. The van der Waals surface area contributed by atoms with Crippen molar-refractivity contribution in [1.82, 2.24) is 0 Å². The van der Waals surface area contributed by atoms with Gasteiger partial charge in [-0.25, -0.2) is 24.1 Å². The molecule has 0 bridgehead atoms. The van der Waals surface area contributed by atoms with Crippen molar-refractivity contribution in [2.24, 2.45) is 17.8 Å². The second kappa shape index (κ2) is 18.0. The third-order valence-electron chi connectivity index (χ3n) is 10.1. The summed E-state index contributed by atoms with van der Waals surface area (Å²) >= 11 is 0. The van der Waals surface area contributed by atoms with Gasteiger partial charge in [0.25, 0.3) is 12.0 Å². The Bertz CT molecular complexity index is 2040. The van der Waals surface area contributed by atoms with Crippen molar-refractivity contribution in [3.05, 3.63) is 154 Å². The standard InChI is InChI=1S/C11H10FNO.C11H11FO3.C11H9FO2.C8H6FN.HI/c1-13-11(6-9(11)7-14)8-3-2-4-10(12)5-8;12-10-3-1-2-8(4-10)11(15-7-14)5-9(11)6-13;12-9-3-1-2-7(4-9)11-5-8(11)6-14-10(11)13;9-8-3-1-2-7(6-8)4-5-10;/h2-5,9,14H,6-7H2;1-4,7,9,13H,5-6H2;1-4,8H,5-6H2;1-3,6H,4H2;1H/t2*9-,11+;8-,11+;;/m000../s1. The van der Waals surface area contributed by atoms with Gasteiger partial charge in [-0.05, 0) is 71.6 Å². The normalized spacial score (nSPS) is 26.0. The van der Waals surface area contributed by atoms with Gasteiger partial charge in [-0.15, -0.1) is 24.0 Å². The van der Waals surface area contributed by atoms with Crippen LogP contribution in [0.25, 0.3) is 4.85 Å². The van der Waals surface area contributed by atoms with Crippen LogP contribution >= 0.6 is 24.0 Å².